The summed E-state index contributed by atoms with van der Waals surface area (Å²) in [6, 6.07) is 8.06. The number of aryl methyl sites for hydroxylation is 1. The smallest absolute Gasteiger partial charge is 0.416 e. The van der Waals surface area contributed by atoms with E-state index in [0.717, 1.165) is 24.3 Å². The summed E-state index contributed by atoms with van der Waals surface area (Å²) in [4.78, 5) is -0.00398. The van der Waals surface area contributed by atoms with E-state index < -0.39 is 21.8 Å². The van der Waals surface area contributed by atoms with E-state index in [1.54, 1.807) is 6.92 Å². The van der Waals surface area contributed by atoms with Gasteiger partial charge in [0.05, 0.1) is 17.6 Å². The average molecular weight is 345 g/mol. The Morgan fingerprint density at radius 3 is 2.13 bits per heavy atom. The second kappa shape index (κ2) is 6.11. The fourth-order valence-corrected chi connectivity index (χ4v) is 3.10. The van der Waals surface area contributed by atoms with Gasteiger partial charge in [0.1, 0.15) is 5.75 Å². The van der Waals surface area contributed by atoms with Gasteiger partial charge in [0.25, 0.3) is 10.0 Å². The second-order valence-electron chi connectivity index (χ2n) is 4.81. The van der Waals surface area contributed by atoms with Crippen LogP contribution in [-0.4, -0.2) is 15.5 Å². The normalized spacial score (nSPS) is 12.0. The Morgan fingerprint density at radius 1 is 1.04 bits per heavy atom. The Hall–Kier alpha value is -2.22. The first-order chi connectivity index (χ1) is 10.6. The van der Waals surface area contributed by atoms with E-state index in [4.69, 9.17) is 4.74 Å². The zero-order chi connectivity index (χ0) is 17.3. The summed E-state index contributed by atoms with van der Waals surface area (Å²) in [5, 5.41) is 0. The first kappa shape index (κ1) is 17.1. The highest BCUT2D eigenvalue weighted by Gasteiger charge is 2.30. The Kier molecular flexibility index (Phi) is 4.56. The van der Waals surface area contributed by atoms with E-state index in [1.165, 1.54) is 25.3 Å². The maximum Gasteiger partial charge on any atom is 0.416 e. The number of methoxy groups -OCH3 is 1. The lowest BCUT2D eigenvalue weighted by atomic mass is 10.2. The summed E-state index contributed by atoms with van der Waals surface area (Å²) in [6.45, 7) is 1.69. The van der Waals surface area contributed by atoms with Gasteiger partial charge in [0.2, 0.25) is 0 Å². The molecule has 0 spiro atoms. The van der Waals surface area contributed by atoms with Gasteiger partial charge in [-0.15, -0.1) is 0 Å². The largest absolute Gasteiger partial charge is 0.496 e. The number of hydrogen-bond donors (Lipinski definition) is 1. The lowest BCUT2D eigenvalue weighted by Crippen LogP contribution is -2.13. The molecule has 0 saturated heterocycles. The summed E-state index contributed by atoms with van der Waals surface area (Å²) >= 11 is 0. The van der Waals surface area contributed by atoms with Crippen LogP contribution in [0.25, 0.3) is 0 Å². The molecule has 0 fully saturated rings. The lowest BCUT2D eigenvalue weighted by molar-refractivity contribution is -0.137. The molecular weight excluding hydrogens is 331 g/mol. The fourth-order valence-electron chi connectivity index (χ4n) is 1.96. The molecule has 0 unspecified atom stereocenters. The average Bonchev–Trinajstić information content (AvgIpc) is 2.46. The summed E-state index contributed by atoms with van der Waals surface area (Å²) in [5.41, 5.74) is -0.171. The van der Waals surface area contributed by atoms with E-state index in [0.29, 0.717) is 11.3 Å². The number of hydrogen-bond acceptors (Lipinski definition) is 3. The van der Waals surface area contributed by atoms with Crippen molar-refractivity contribution in [3.63, 3.8) is 0 Å². The molecule has 0 aromatic heterocycles. The number of benzene rings is 2. The molecule has 0 aliphatic rings. The van der Waals surface area contributed by atoms with Gasteiger partial charge >= 0.3 is 6.18 Å². The van der Waals surface area contributed by atoms with Crippen LogP contribution in [0.3, 0.4) is 0 Å². The second-order valence-corrected chi connectivity index (χ2v) is 6.49. The van der Waals surface area contributed by atoms with Crippen LogP contribution < -0.4 is 9.46 Å². The van der Waals surface area contributed by atoms with E-state index >= 15 is 0 Å². The van der Waals surface area contributed by atoms with Crippen LogP contribution in [-0.2, 0) is 16.2 Å². The van der Waals surface area contributed by atoms with Crippen LogP contribution in [0.2, 0.25) is 0 Å². The van der Waals surface area contributed by atoms with Crippen molar-refractivity contribution in [1.82, 2.24) is 0 Å². The fraction of sp³-hybridized carbons (Fsp3) is 0.200. The molecule has 0 saturated carbocycles. The van der Waals surface area contributed by atoms with E-state index in [2.05, 4.69) is 4.72 Å². The van der Waals surface area contributed by atoms with Gasteiger partial charge in [-0.05, 0) is 55.0 Å². The van der Waals surface area contributed by atoms with E-state index in [-0.39, 0.29) is 10.6 Å². The van der Waals surface area contributed by atoms with Crippen molar-refractivity contribution in [2.75, 3.05) is 11.8 Å². The predicted molar refractivity (Wildman–Crippen MR) is 80.0 cm³/mol. The van der Waals surface area contributed by atoms with Gasteiger partial charge in [-0.1, -0.05) is 0 Å². The number of rotatable bonds is 4. The van der Waals surface area contributed by atoms with Crippen molar-refractivity contribution >= 4 is 15.7 Å². The van der Waals surface area contributed by atoms with Crippen LogP contribution in [0, 0.1) is 6.92 Å². The zero-order valence-electron chi connectivity index (χ0n) is 12.3. The highest BCUT2D eigenvalue weighted by Crippen LogP contribution is 2.30. The Balaban J connectivity index is 2.26. The maximum atomic E-state index is 12.5. The number of alkyl halides is 3. The molecule has 0 heterocycles. The molecule has 8 heteroatoms. The van der Waals surface area contributed by atoms with Crippen LogP contribution in [0.4, 0.5) is 18.9 Å². The molecular formula is C15H14F3NO3S. The van der Waals surface area contributed by atoms with Gasteiger partial charge in [-0.2, -0.15) is 13.2 Å². The summed E-state index contributed by atoms with van der Waals surface area (Å²) in [5.74, 6) is 0.540. The van der Waals surface area contributed by atoms with Gasteiger partial charge in [-0.25, -0.2) is 8.42 Å². The van der Waals surface area contributed by atoms with Crippen molar-refractivity contribution in [3.05, 3.63) is 53.6 Å². The highest BCUT2D eigenvalue weighted by molar-refractivity contribution is 7.92. The van der Waals surface area contributed by atoms with Crippen molar-refractivity contribution < 1.29 is 26.3 Å². The summed E-state index contributed by atoms with van der Waals surface area (Å²) in [6.07, 6.45) is -4.47. The molecule has 0 bridgehead atoms. The van der Waals surface area contributed by atoms with Gasteiger partial charge in [0, 0.05) is 5.69 Å². The summed E-state index contributed by atoms with van der Waals surface area (Å²) in [7, 11) is -2.43. The predicted octanol–water partition coefficient (Wildman–Crippen LogP) is 3.82. The molecule has 4 nitrogen and oxygen atoms in total. The number of nitrogens with one attached hydrogen (secondary N) is 1. The number of halogens is 3. The summed E-state index contributed by atoms with van der Waals surface area (Å²) < 4.78 is 69.3. The lowest BCUT2D eigenvalue weighted by Gasteiger charge is -2.11. The molecule has 124 valence electrons. The molecule has 2 aromatic carbocycles. The maximum absolute atomic E-state index is 12.5. The van der Waals surface area contributed by atoms with Crippen LogP contribution >= 0.6 is 0 Å². The Bertz CT molecular complexity index is 800. The van der Waals surface area contributed by atoms with Crippen molar-refractivity contribution in [2.45, 2.75) is 18.0 Å². The molecule has 2 rings (SSSR count). The molecule has 0 aliphatic carbocycles. The van der Waals surface area contributed by atoms with Gasteiger partial charge in [-0.3, -0.25) is 4.72 Å². The first-order valence-electron chi connectivity index (χ1n) is 6.48. The number of anilines is 1. The molecule has 2 aromatic rings. The topological polar surface area (TPSA) is 55.4 Å². The van der Waals surface area contributed by atoms with E-state index in [9.17, 15) is 21.6 Å². The van der Waals surface area contributed by atoms with Crippen molar-refractivity contribution in [1.29, 1.82) is 0 Å². The standard InChI is InChI=1S/C15H14F3NO3S/c1-10-9-13(7-8-14(10)22-2)23(20,21)19-12-5-3-11(4-6-12)15(16,17)18/h3-9,19H,1-2H3. The minimum absolute atomic E-state index is 0.00398. The SMILES string of the molecule is COc1ccc(S(=O)(=O)Nc2ccc(C(F)(F)F)cc2)cc1C. The Morgan fingerprint density at radius 2 is 1.65 bits per heavy atom. The Labute approximate surface area is 132 Å². The minimum atomic E-state index is -4.47. The molecule has 0 atom stereocenters. The zero-order valence-corrected chi connectivity index (χ0v) is 13.1. The van der Waals surface area contributed by atoms with E-state index in [1.807, 2.05) is 0 Å². The van der Waals surface area contributed by atoms with Crippen LogP contribution in [0.5, 0.6) is 5.75 Å². The molecule has 0 amide bonds. The van der Waals surface area contributed by atoms with Gasteiger partial charge in [0.15, 0.2) is 0 Å². The highest BCUT2D eigenvalue weighted by atomic mass is 32.2. The van der Waals surface area contributed by atoms with Crippen molar-refractivity contribution in [2.24, 2.45) is 0 Å². The number of sulfonamides is 1. The van der Waals surface area contributed by atoms with Crippen molar-refractivity contribution in [3.8, 4) is 5.75 Å². The third kappa shape index (κ3) is 3.95. The number of ether oxygens (including phenoxy) is 1. The van der Waals surface area contributed by atoms with Crippen LogP contribution in [0.15, 0.2) is 47.4 Å². The molecule has 0 radical (unpaired) electrons. The minimum Gasteiger partial charge on any atom is -0.496 e. The van der Waals surface area contributed by atoms with Crippen LogP contribution in [0.1, 0.15) is 11.1 Å². The monoisotopic (exact) mass is 345 g/mol. The third-order valence-electron chi connectivity index (χ3n) is 3.14. The first-order valence-corrected chi connectivity index (χ1v) is 7.96. The molecule has 1 N–H and O–H groups in total. The quantitative estimate of drug-likeness (QED) is 0.916. The van der Waals surface area contributed by atoms with Gasteiger partial charge < -0.3 is 4.74 Å². The molecule has 23 heavy (non-hydrogen) atoms. The molecule has 0 aliphatic heterocycles. The third-order valence-corrected chi connectivity index (χ3v) is 4.52.